The lowest BCUT2D eigenvalue weighted by Gasteiger charge is -2.18. The van der Waals surface area contributed by atoms with Crippen LogP contribution < -0.4 is 5.32 Å². The van der Waals surface area contributed by atoms with Crippen molar-refractivity contribution in [3.8, 4) is 11.3 Å². The molecule has 0 saturated carbocycles. The van der Waals surface area contributed by atoms with Crippen LogP contribution in [-0.2, 0) is 6.42 Å². The molecule has 1 heterocycles. The summed E-state index contributed by atoms with van der Waals surface area (Å²) in [5, 5.41) is 3.38. The molecule has 0 fully saturated rings. The average Bonchev–Trinajstić information content (AvgIpc) is 2.44. The van der Waals surface area contributed by atoms with Crippen molar-refractivity contribution in [1.29, 1.82) is 0 Å². The molecule has 3 nitrogen and oxygen atoms in total. The van der Waals surface area contributed by atoms with Gasteiger partial charge in [-0.3, -0.25) is 0 Å². The lowest BCUT2D eigenvalue weighted by Crippen LogP contribution is -2.14. The first-order valence-electron chi connectivity index (χ1n) is 7.65. The molecule has 0 saturated heterocycles. The van der Waals surface area contributed by atoms with Crippen LogP contribution in [-0.4, -0.2) is 16.5 Å². The zero-order valence-corrected chi connectivity index (χ0v) is 13.5. The van der Waals surface area contributed by atoms with Gasteiger partial charge in [0.25, 0.3) is 0 Å². The fourth-order valence-corrected chi connectivity index (χ4v) is 2.15. The van der Waals surface area contributed by atoms with Gasteiger partial charge in [-0.05, 0) is 11.8 Å². The molecule has 2 aromatic rings. The highest BCUT2D eigenvalue weighted by molar-refractivity contribution is 5.62. The minimum absolute atomic E-state index is 0.178. The third-order valence-electron chi connectivity index (χ3n) is 3.09. The molecule has 0 unspecified atom stereocenters. The van der Waals surface area contributed by atoms with Crippen molar-refractivity contribution < 1.29 is 0 Å². The van der Waals surface area contributed by atoms with Crippen LogP contribution in [0.25, 0.3) is 11.3 Å². The summed E-state index contributed by atoms with van der Waals surface area (Å²) in [7, 11) is 0. The van der Waals surface area contributed by atoms with E-state index in [0.717, 1.165) is 42.3 Å². The Morgan fingerprint density at radius 3 is 2.38 bits per heavy atom. The Bertz CT molecular complexity index is 571. The minimum atomic E-state index is 0.178. The Hall–Kier alpha value is -1.90. The first-order valence-corrected chi connectivity index (χ1v) is 7.65. The molecule has 0 aliphatic heterocycles. The molecule has 21 heavy (non-hydrogen) atoms. The third kappa shape index (κ3) is 4.85. The minimum Gasteiger partial charge on any atom is -0.370 e. The summed E-state index contributed by atoms with van der Waals surface area (Å²) in [6.07, 6.45) is 1.95. The van der Waals surface area contributed by atoms with E-state index < -0.39 is 0 Å². The SMILES string of the molecule is CCCNc1cc(-c2ccccc2)nc(CC(C)(C)C)n1. The zero-order chi connectivity index (χ0) is 15.3. The van der Waals surface area contributed by atoms with E-state index in [1.807, 2.05) is 24.3 Å². The molecule has 1 aromatic heterocycles. The zero-order valence-electron chi connectivity index (χ0n) is 13.5. The van der Waals surface area contributed by atoms with E-state index >= 15 is 0 Å². The van der Waals surface area contributed by atoms with Crippen molar-refractivity contribution in [1.82, 2.24) is 9.97 Å². The summed E-state index contributed by atoms with van der Waals surface area (Å²) >= 11 is 0. The first kappa shape index (κ1) is 15.5. The van der Waals surface area contributed by atoms with Gasteiger partial charge in [0.05, 0.1) is 5.69 Å². The molecule has 0 aliphatic rings. The molecule has 3 heteroatoms. The summed E-state index contributed by atoms with van der Waals surface area (Å²) in [5.74, 6) is 1.83. The standard InChI is InChI=1S/C18H25N3/c1-5-11-19-16-12-15(14-9-7-6-8-10-14)20-17(21-16)13-18(2,3)4/h6-10,12H,5,11,13H2,1-4H3,(H,19,20,21). The van der Waals surface area contributed by atoms with E-state index in [2.05, 4.69) is 50.1 Å². The number of hydrogen-bond acceptors (Lipinski definition) is 3. The number of aromatic nitrogens is 2. The smallest absolute Gasteiger partial charge is 0.131 e. The lowest BCUT2D eigenvalue weighted by molar-refractivity contribution is 0.401. The Kier molecular flexibility index (Phi) is 4.94. The maximum absolute atomic E-state index is 4.75. The van der Waals surface area contributed by atoms with Gasteiger partial charge >= 0.3 is 0 Å². The highest BCUT2D eigenvalue weighted by atomic mass is 15.0. The van der Waals surface area contributed by atoms with Gasteiger partial charge in [-0.1, -0.05) is 58.0 Å². The van der Waals surface area contributed by atoms with Crippen molar-refractivity contribution in [2.45, 2.75) is 40.5 Å². The fraction of sp³-hybridized carbons (Fsp3) is 0.444. The van der Waals surface area contributed by atoms with E-state index in [0.29, 0.717) is 0 Å². The topological polar surface area (TPSA) is 37.8 Å². The summed E-state index contributed by atoms with van der Waals surface area (Å²) in [5.41, 5.74) is 2.30. The number of nitrogens with zero attached hydrogens (tertiary/aromatic N) is 2. The number of hydrogen-bond donors (Lipinski definition) is 1. The molecule has 0 radical (unpaired) electrons. The van der Waals surface area contributed by atoms with Gasteiger partial charge in [0.2, 0.25) is 0 Å². The third-order valence-corrected chi connectivity index (χ3v) is 3.09. The van der Waals surface area contributed by atoms with Gasteiger partial charge in [0.1, 0.15) is 11.6 Å². The van der Waals surface area contributed by atoms with Gasteiger partial charge in [-0.15, -0.1) is 0 Å². The average molecular weight is 283 g/mol. The largest absolute Gasteiger partial charge is 0.370 e. The van der Waals surface area contributed by atoms with Crippen molar-refractivity contribution in [3.63, 3.8) is 0 Å². The molecule has 1 N–H and O–H groups in total. The van der Waals surface area contributed by atoms with E-state index in [9.17, 15) is 0 Å². The van der Waals surface area contributed by atoms with Crippen LogP contribution in [0.15, 0.2) is 36.4 Å². The Balaban J connectivity index is 2.37. The molecule has 0 bridgehead atoms. The maximum Gasteiger partial charge on any atom is 0.131 e. The normalized spacial score (nSPS) is 11.4. The molecule has 0 amide bonds. The van der Waals surface area contributed by atoms with E-state index in [4.69, 9.17) is 4.98 Å². The molecule has 0 aliphatic carbocycles. The van der Waals surface area contributed by atoms with Crippen molar-refractivity contribution in [3.05, 3.63) is 42.2 Å². The van der Waals surface area contributed by atoms with Crippen LogP contribution in [0.5, 0.6) is 0 Å². The number of rotatable bonds is 5. The van der Waals surface area contributed by atoms with Crippen molar-refractivity contribution in [2.75, 3.05) is 11.9 Å². The first-order chi connectivity index (χ1) is 9.98. The quantitative estimate of drug-likeness (QED) is 0.874. The second-order valence-electron chi connectivity index (χ2n) is 6.58. The van der Waals surface area contributed by atoms with Crippen molar-refractivity contribution >= 4 is 5.82 Å². The summed E-state index contributed by atoms with van der Waals surface area (Å²) < 4.78 is 0. The fourth-order valence-electron chi connectivity index (χ4n) is 2.15. The van der Waals surface area contributed by atoms with E-state index in [-0.39, 0.29) is 5.41 Å². The number of anilines is 1. The van der Waals surface area contributed by atoms with Crippen LogP contribution in [0, 0.1) is 5.41 Å². The van der Waals surface area contributed by atoms with Crippen LogP contribution in [0.2, 0.25) is 0 Å². The van der Waals surface area contributed by atoms with E-state index in [1.54, 1.807) is 0 Å². The Morgan fingerprint density at radius 2 is 1.76 bits per heavy atom. The molecule has 112 valence electrons. The molecular weight excluding hydrogens is 258 g/mol. The van der Waals surface area contributed by atoms with Crippen LogP contribution in [0.3, 0.4) is 0 Å². The molecule has 2 rings (SSSR count). The highest BCUT2D eigenvalue weighted by Gasteiger charge is 2.15. The lowest BCUT2D eigenvalue weighted by atomic mass is 9.92. The Morgan fingerprint density at radius 1 is 1.05 bits per heavy atom. The van der Waals surface area contributed by atoms with Crippen LogP contribution in [0.1, 0.15) is 39.9 Å². The summed E-state index contributed by atoms with van der Waals surface area (Å²) in [6, 6.07) is 12.3. The number of benzene rings is 1. The summed E-state index contributed by atoms with van der Waals surface area (Å²) in [4.78, 5) is 9.41. The predicted molar refractivity (Wildman–Crippen MR) is 89.4 cm³/mol. The monoisotopic (exact) mass is 283 g/mol. The molecule has 0 atom stereocenters. The van der Waals surface area contributed by atoms with E-state index in [1.165, 1.54) is 0 Å². The second kappa shape index (κ2) is 6.70. The van der Waals surface area contributed by atoms with Gasteiger partial charge in [0, 0.05) is 24.6 Å². The van der Waals surface area contributed by atoms with Gasteiger partial charge in [-0.25, -0.2) is 9.97 Å². The predicted octanol–water partition coefficient (Wildman–Crippen LogP) is 4.55. The van der Waals surface area contributed by atoms with Gasteiger partial charge in [0.15, 0.2) is 0 Å². The second-order valence-corrected chi connectivity index (χ2v) is 6.58. The van der Waals surface area contributed by atoms with Crippen LogP contribution >= 0.6 is 0 Å². The molecule has 0 spiro atoms. The van der Waals surface area contributed by atoms with Gasteiger partial charge < -0.3 is 5.32 Å². The maximum atomic E-state index is 4.75. The number of nitrogens with one attached hydrogen (secondary N) is 1. The van der Waals surface area contributed by atoms with Gasteiger partial charge in [-0.2, -0.15) is 0 Å². The molecule has 1 aromatic carbocycles. The Labute approximate surface area is 127 Å². The van der Waals surface area contributed by atoms with Crippen molar-refractivity contribution in [2.24, 2.45) is 5.41 Å². The van der Waals surface area contributed by atoms with Crippen LogP contribution in [0.4, 0.5) is 5.82 Å². The molecular formula is C18H25N3. The summed E-state index contributed by atoms with van der Waals surface area (Å²) in [6.45, 7) is 9.72. The highest BCUT2D eigenvalue weighted by Crippen LogP contribution is 2.23.